The minimum Gasteiger partial charge on any atom is -0.387 e. The molecule has 0 radical (unpaired) electrons. The van der Waals surface area contributed by atoms with Crippen molar-refractivity contribution in [2.75, 3.05) is 12.3 Å². The van der Waals surface area contributed by atoms with Crippen LogP contribution in [0.15, 0.2) is 12.3 Å². The molecule has 1 aliphatic rings. The van der Waals surface area contributed by atoms with Crippen molar-refractivity contribution in [2.24, 2.45) is 0 Å². The van der Waals surface area contributed by atoms with E-state index in [2.05, 4.69) is 18.1 Å². The Kier molecular flexibility index (Phi) is 7.46. The largest absolute Gasteiger partial charge is 0.490 e. The highest BCUT2D eigenvalue weighted by molar-refractivity contribution is 7.71. The van der Waals surface area contributed by atoms with E-state index in [4.69, 9.17) is 37.4 Å². The van der Waals surface area contributed by atoms with Crippen LogP contribution in [-0.4, -0.2) is 63.8 Å². The van der Waals surface area contributed by atoms with Crippen LogP contribution in [0, 0.1) is 4.77 Å². The predicted molar refractivity (Wildman–Crippen MR) is 97.8 cm³/mol. The fraction of sp³-hybridized carbons (Fsp3) is 0.600. The number of aliphatic hydroxyl groups excluding tert-OH is 1. The van der Waals surface area contributed by atoms with Crippen LogP contribution in [0.4, 0.5) is 5.82 Å². The number of phosphoric ester groups is 1. The first-order valence-electron chi connectivity index (χ1n) is 7.62. The Hall–Kier alpha value is -0.610. The average Bonchev–Trinajstić information content (AvgIpc) is 2.73. The Morgan fingerprint density at radius 3 is 2.40 bits per heavy atom. The lowest BCUT2D eigenvalue weighted by Gasteiger charge is -2.28. The van der Waals surface area contributed by atoms with Crippen molar-refractivity contribution in [3.8, 4) is 0 Å². The maximum atomic E-state index is 11.8. The molecule has 1 aromatic rings. The average molecular weight is 513 g/mol. The molecule has 2 heterocycles. The smallest absolute Gasteiger partial charge is 0.387 e. The summed E-state index contributed by atoms with van der Waals surface area (Å²) in [6, 6.07) is 1.33. The van der Waals surface area contributed by atoms with Gasteiger partial charge in [-0.25, -0.2) is 18.7 Å². The maximum Gasteiger partial charge on any atom is 0.490 e. The van der Waals surface area contributed by atoms with Crippen LogP contribution in [0.5, 0.6) is 0 Å². The molecule has 0 saturated carbocycles. The Morgan fingerprint density at radius 1 is 1.27 bits per heavy atom. The standard InChI is InChI=1S/C10H18N3O13P3S/c1-10(15)7(14)5(24-8(10)13-3-2-6(11)12-9(13)30)4-23-28(19,20)26-29(21,22)25-27(16,17)18/h2-3,5,7-8,14-15H,4H2,1H3,(H,19,20)(H,21,22)(H2,11,12,30)(H2,16,17,18)/t5-,7?,8-,10?/m1/s1. The third-order valence-electron chi connectivity index (χ3n) is 3.68. The highest BCUT2D eigenvalue weighted by Crippen LogP contribution is 2.66. The molecule has 0 aliphatic carbocycles. The fourth-order valence-electron chi connectivity index (χ4n) is 2.45. The number of rotatable bonds is 8. The number of aromatic nitrogens is 2. The summed E-state index contributed by atoms with van der Waals surface area (Å²) in [5.41, 5.74) is 3.49. The minimum atomic E-state index is -5.70. The molecular weight excluding hydrogens is 495 g/mol. The van der Waals surface area contributed by atoms with E-state index in [9.17, 15) is 28.8 Å². The molecule has 0 aromatic carbocycles. The quantitative estimate of drug-likeness (QED) is 0.172. The zero-order chi connectivity index (χ0) is 23.1. The minimum absolute atomic E-state index is 0.0821. The first-order valence-corrected chi connectivity index (χ1v) is 12.6. The van der Waals surface area contributed by atoms with E-state index in [1.807, 2.05) is 0 Å². The molecule has 4 unspecified atom stereocenters. The lowest BCUT2D eigenvalue weighted by atomic mass is 9.96. The van der Waals surface area contributed by atoms with Crippen LogP contribution in [-0.2, 0) is 31.6 Å². The van der Waals surface area contributed by atoms with Crippen LogP contribution in [0.3, 0.4) is 0 Å². The SMILES string of the molecule is CC1(O)C(O)[C@@H](COP(=O)(O)OP(=O)(O)OP(=O)(O)O)O[C@H]1n1ccc(N)nc1=S. The summed E-state index contributed by atoms with van der Waals surface area (Å²) in [7, 11) is -16.7. The van der Waals surface area contributed by atoms with Gasteiger partial charge in [-0.1, -0.05) is 0 Å². The van der Waals surface area contributed by atoms with Gasteiger partial charge in [-0.15, -0.1) is 0 Å². The van der Waals surface area contributed by atoms with E-state index in [-0.39, 0.29) is 10.6 Å². The number of aliphatic hydroxyl groups is 2. The molecule has 8 N–H and O–H groups in total. The lowest BCUT2D eigenvalue weighted by Crippen LogP contribution is -2.44. The summed E-state index contributed by atoms with van der Waals surface area (Å²) < 4.78 is 51.7. The van der Waals surface area contributed by atoms with Gasteiger partial charge in [-0.3, -0.25) is 9.09 Å². The van der Waals surface area contributed by atoms with Crippen molar-refractivity contribution in [3.05, 3.63) is 17.0 Å². The van der Waals surface area contributed by atoms with Gasteiger partial charge >= 0.3 is 23.5 Å². The van der Waals surface area contributed by atoms with Crippen LogP contribution >= 0.6 is 35.7 Å². The Bertz CT molecular complexity index is 995. The van der Waals surface area contributed by atoms with Gasteiger partial charge in [-0.2, -0.15) is 8.62 Å². The van der Waals surface area contributed by atoms with Gasteiger partial charge in [0.25, 0.3) is 0 Å². The molecule has 1 aromatic heterocycles. The van der Waals surface area contributed by atoms with E-state index in [1.165, 1.54) is 19.2 Å². The first kappa shape index (κ1) is 25.6. The molecular formula is C10H18N3O13P3S. The summed E-state index contributed by atoms with van der Waals surface area (Å²) in [5.74, 6) is 0.0821. The predicted octanol–water partition coefficient (Wildman–Crippen LogP) is -0.453. The summed E-state index contributed by atoms with van der Waals surface area (Å²) >= 11 is 5.01. The summed E-state index contributed by atoms with van der Waals surface area (Å²) in [6.07, 6.45) is -3.20. The van der Waals surface area contributed by atoms with Crippen molar-refractivity contribution in [1.29, 1.82) is 0 Å². The van der Waals surface area contributed by atoms with Crippen molar-refractivity contribution in [3.63, 3.8) is 0 Å². The molecule has 0 spiro atoms. The zero-order valence-electron chi connectivity index (χ0n) is 14.9. The molecule has 30 heavy (non-hydrogen) atoms. The molecule has 1 aliphatic heterocycles. The Labute approximate surface area is 173 Å². The van der Waals surface area contributed by atoms with E-state index >= 15 is 0 Å². The molecule has 0 amide bonds. The molecule has 20 heteroatoms. The molecule has 16 nitrogen and oxygen atoms in total. The number of hydrogen-bond acceptors (Lipinski definition) is 12. The zero-order valence-corrected chi connectivity index (χ0v) is 18.4. The van der Waals surface area contributed by atoms with E-state index < -0.39 is 54.1 Å². The number of nitrogens with zero attached hydrogens (tertiary/aromatic N) is 2. The van der Waals surface area contributed by atoms with Crippen molar-refractivity contribution < 1.29 is 61.4 Å². The number of phosphoric acid groups is 3. The van der Waals surface area contributed by atoms with E-state index in [0.29, 0.717) is 0 Å². The van der Waals surface area contributed by atoms with Crippen LogP contribution in [0.2, 0.25) is 0 Å². The number of nitrogens with two attached hydrogens (primary N) is 1. The highest BCUT2D eigenvalue weighted by atomic mass is 32.1. The van der Waals surface area contributed by atoms with Gasteiger partial charge in [0.2, 0.25) is 4.77 Å². The fourth-order valence-corrected chi connectivity index (χ4v) is 5.74. The number of nitrogen functional groups attached to an aromatic ring is 1. The molecule has 2 rings (SSSR count). The molecule has 1 fully saturated rings. The third-order valence-corrected chi connectivity index (χ3v) is 7.78. The van der Waals surface area contributed by atoms with Crippen molar-refractivity contribution in [2.45, 2.75) is 31.0 Å². The van der Waals surface area contributed by atoms with Crippen molar-refractivity contribution >= 4 is 41.5 Å². The third kappa shape index (κ3) is 6.45. The van der Waals surface area contributed by atoms with Gasteiger partial charge < -0.3 is 40.3 Å². The van der Waals surface area contributed by atoms with Crippen LogP contribution in [0.1, 0.15) is 13.2 Å². The number of ether oxygens (including phenoxy) is 1. The summed E-state index contributed by atoms with van der Waals surface area (Å²) in [5, 5.41) is 20.9. The monoisotopic (exact) mass is 513 g/mol. The molecule has 6 atom stereocenters. The Balaban J connectivity index is 2.12. The van der Waals surface area contributed by atoms with Gasteiger partial charge in [0.15, 0.2) is 6.23 Å². The first-order chi connectivity index (χ1) is 13.4. The second kappa shape index (κ2) is 8.73. The topological polar surface area (TPSA) is 253 Å². The Morgan fingerprint density at radius 2 is 1.87 bits per heavy atom. The van der Waals surface area contributed by atoms with Crippen LogP contribution < -0.4 is 5.73 Å². The van der Waals surface area contributed by atoms with Gasteiger partial charge in [0.05, 0.1) is 6.61 Å². The second-order valence-electron chi connectivity index (χ2n) is 6.13. The van der Waals surface area contributed by atoms with E-state index in [0.717, 1.165) is 4.57 Å². The summed E-state index contributed by atoms with van der Waals surface area (Å²) in [4.78, 5) is 39.4. The molecule has 0 bridgehead atoms. The molecule has 1 saturated heterocycles. The highest BCUT2D eigenvalue weighted by Gasteiger charge is 2.54. The maximum absolute atomic E-state index is 11.8. The van der Waals surface area contributed by atoms with Crippen LogP contribution in [0.25, 0.3) is 0 Å². The normalized spacial score (nSPS) is 31.2. The molecule has 172 valence electrons. The van der Waals surface area contributed by atoms with Crippen molar-refractivity contribution in [1.82, 2.24) is 9.55 Å². The van der Waals surface area contributed by atoms with Gasteiger partial charge in [-0.05, 0) is 25.2 Å². The van der Waals surface area contributed by atoms with Gasteiger partial charge in [0.1, 0.15) is 23.6 Å². The number of hydrogen-bond donors (Lipinski definition) is 7. The second-order valence-corrected chi connectivity index (χ2v) is 10.9. The van der Waals surface area contributed by atoms with E-state index in [1.54, 1.807) is 0 Å². The summed E-state index contributed by atoms with van der Waals surface area (Å²) in [6.45, 7) is 0.207. The number of anilines is 1. The lowest BCUT2D eigenvalue weighted by molar-refractivity contribution is -0.0977. The van der Waals surface area contributed by atoms with Gasteiger partial charge in [0, 0.05) is 6.20 Å².